The van der Waals surface area contributed by atoms with Crippen LogP contribution in [0.15, 0.2) is 57.7 Å². The number of aryl methyl sites for hydroxylation is 1. The van der Waals surface area contributed by atoms with Gasteiger partial charge >= 0.3 is 5.63 Å². The first-order chi connectivity index (χ1) is 11.9. The van der Waals surface area contributed by atoms with Crippen molar-refractivity contribution in [1.29, 1.82) is 0 Å². The van der Waals surface area contributed by atoms with E-state index in [9.17, 15) is 14.9 Å². The van der Waals surface area contributed by atoms with E-state index in [4.69, 9.17) is 16.6 Å². The molecule has 3 aromatic rings. The zero-order valence-corrected chi connectivity index (χ0v) is 13.9. The third-order valence-electron chi connectivity index (χ3n) is 3.55. The van der Waals surface area contributed by atoms with E-state index < -0.39 is 10.5 Å². The average Bonchev–Trinajstić information content (AvgIpc) is 2.54. The second kappa shape index (κ2) is 6.70. The SMILES string of the molecule is Cc1cc(=O)oc2cc(NC(=S)Nc3ccc([N+](=O)[O-])cc3)ccc12. The van der Waals surface area contributed by atoms with Gasteiger partial charge in [0.2, 0.25) is 0 Å². The van der Waals surface area contributed by atoms with Gasteiger partial charge in [-0.2, -0.15) is 0 Å². The summed E-state index contributed by atoms with van der Waals surface area (Å²) in [5.41, 5.74) is 2.17. The summed E-state index contributed by atoms with van der Waals surface area (Å²) in [7, 11) is 0. The lowest BCUT2D eigenvalue weighted by Gasteiger charge is -2.11. The number of non-ortho nitro benzene ring substituents is 1. The number of anilines is 2. The lowest BCUT2D eigenvalue weighted by Crippen LogP contribution is -2.19. The van der Waals surface area contributed by atoms with E-state index in [1.54, 1.807) is 18.2 Å². The van der Waals surface area contributed by atoms with Crippen molar-refractivity contribution in [3.8, 4) is 0 Å². The van der Waals surface area contributed by atoms with Crippen LogP contribution in [0.4, 0.5) is 17.1 Å². The molecule has 0 saturated heterocycles. The Morgan fingerprint density at radius 2 is 1.72 bits per heavy atom. The molecule has 1 aromatic heterocycles. The maximum Gasteiger partial charge on any atom is 0.336 e. The molecular weight excluding hydrogens is 342 g/mol. The van der Waals surface area contributed by atoms with Crippen molar-refractivity contribution in [3.63, 3.8) is 0 Å². The summed E-state index contributed by atoms with van der Waals surface area (Å²) >= 11 is 5.23. The van der Waals surface area contributed by atoms with E-state index in [2.05, 4.69) is 10.6 Å². The van der Waals surface area contributed by atoms with Crippen molar-refractivity contribution < 1.29 is 9.34 Å². The lowest BCUT2D eigenvalue weighted by molar-refractivity contribution is -0.384. The number of thiocarbonyl (C=S) groups is 1. The Morgan fingerprint density at radius 3 is 2.40 bits per heavy atom. The molecule has 2 aromatic carbocycles. The van der Waals surface area contributed by atoms with Crippen LogP contribution in [0.5, 0.6) is 0 Å². The number of hydrogen-bond acceptors (Lipinski definition) is 5. The molecule has 8 heteroatoms. The fraction of sp³-hybridized carbons (Fsp3) is 0.0588. The lowest BCUT2D eigenvalue weighted by atomic mass is 10.1. The van der Waals surface area contributed by atoms with Crippen molar-refractivity contribution in [3.05, 3.63) is 74.6 Å². The number of nitro groups is 1. The molecule has 0 unspecified atom stereocenters. The average molecular weight is 355 g/mol. The highest BCUT2D eigenvalue weighted by Crippen LogP contribution is 2.21. The van der Waals surface area contributed by atoms with Crippen LogP contribution in [0.1, 0.15) is 5.56 Å². The number of rotatable bonds is 3. The number of benzene rings is 2. The zero-order valence-electron chi connectivity index (χ0n) is 13.1. The molecule has 1 heterocycles. The molecule has 0 aliphatic heterocycles. The molecule has 126 valence electrons. The standard InChI is InChI=1S/C17H13N3O4S/c1-10-8-16(21)24-15-9-12(4-7-14(10)15)19-17(25)18-11-2-5-13(6-3-11)20(22)23/h2-9H,1H3,(H2,18,19,25). The molecule has 7 nitrogen and oxygen atoms in total. The molecule has 0 aliphatic carbocycles. The van der Waals surface area contributed by atoms with Crippen LogP contribution in [-0.4, -0.2) is 10.0 Å². The summed E-state index contributed by atoms with van der Waals surface area (Å²) < 4.78 is 5.20. The molecule has 25 heavy (non-hydrogen) atoms. The van der Waals surface area contributed by atoms with Crippen molar-refractivity contribution in [2.75, 3.05) is 10.6 Å². The third-order valence-corrected chi connectivity index (χ3v) is 3.75. The number of nitrogens with zero attached hydrogens (tertiary/aromatic N) is 1. The number of hydrogen-bond donors (Lipinski definition) is 2. The van der Waals surface area contributed by atoms with Gasteiger partial charge in [0.25, 0.3) is 5.69 Å². The molecular formula is C17H13N3O4S. The number of fused-ring (bicyclic) bond motifs is 1. The van der Waals surface area contributed by atoms with E-state index >= 15 is 0 Å². The summed E-state index contributed by atoms with van der Waals surface area (Å²) in [5, 5.41) is 17.7. The maximum atomic E-state index is 11.5. The smallest absolute Gasteiger partial charge is 0.336 e. The van der Waals surface area contributed by atoms with Crippen molar-refractivity contribution in [2.45, 2.75) is 6.92 Å². The van der Waals surface area contributed by atoms with Gasteiger partial charge in [0.05, 0.1) is 4.92 Å². The first kappa shape index (κ1) is 16.6. The predicted octanol–water partition coefficient (Wildman–Crippen LogP) is 3.82. The van der Waals surface area contributed by atoms with Crippen molar-refractivity contribution in [1.82, 2.24) is 0 Å². The van der Waals surface area contributed by atoms with Gasteiger partial charge in [0.1, 0.15) is 5.58 Å². The molecule has 0 spiro atoms. The Labute approximate surface area is 147 Å². The summed E-state index contributed by atoms with van der Waals surface area (Å²) in [4.78, 5) is 21.7. The molecule has 0 amide bonds. The second-order valence-electron chi connectivity index (χ2n) is 5.34. The van der Waals surface area contributed by atoms with Crippen LogP contribution < -0.4 is 16.3 Å². The Balaban J connectivity index is 1.75. The van der Waals surface area contributed by atoms with Gasteiger partial charge in [-0.05, 0) is 49.0 Å². The normalized spacial score (nSPS) is 10.4. The first-order valence-electron chi connectivity index (χ1n) is 7.29. The Bertz CT molecular complexity index is 1030. The quantitative estimate of drug-likeness (QED) is 0.319. The molecule has 0 aliphatic rings. The Morgan fingerprint density at radius 1 is 1.08 bits per heavy atom. The summed E-state index contributed by atoms with van der Waals surface area (Å²) in [6.07, 6.45) is 0. The minimum atomic E-state index is -0.467. The van der Waals surface area contributed by atoms with Gasteiger partial charge in [-0.3, -0.25) is 10.1 Å². The molecule has 0 bridgehead atoms. The number of nitro benzene ring substituents is 1. The minimum absolute atomic E-state index is 0.00403. The highest BCUT2D eigenvalue weighted by molar-refractivity contribution is 7.80. The molecule has 3 rings (SSSR count). The van der Waals surface area contributed by atoms with Crippen LogP contribution in [0.2, 0.25) is 0 Å². The number of nitrogens with one attached hydrogen (secondary N) is 2. The molecule has 0 fully saturated rings. The topological polar surface area (TPSA) is 97.4 Å². The van der Waals surface area contributed by atoms with Crippen LogP contribution in [0.3, 0.4) is 0 Å². The second-order valence-corrected chi connectivity index (χ2v) is 5.75. The predicted molar refractivity (Wildman–Crippen MR) is 100 cm³/mol. The Kier molecular flexibility index (Phi) is 4.44. The highest BCUT2D eigenvalue weighted by atomic mass is 32.1. The summed E-state index contributed by atoms with van der Waals surface area (Å²) in [5.74, 6) is 0. The largest absolute Gasteiger partial charge is 0.423 e. The van der Waals surface area contributed by atoms with E-state index in [0.29, 0.717) is 22.1 Å². The van der Waals surface area contributed by atoms with Crippen LogP contribution in [-0.2, 0) is 0 Å². The van der Waals surface area contributed by atoms with E-state index in [0.717, 1.165) is 10.9 Å². The minimum Gasteiger partial charge on any atom is -0.423 e. The van der Waals surface area contributed by atoms with E-state index in [1.807, 2.05) is 19.1 Å². The van der Waals surface area contributed by atoms with E-state index in [1.165, 1.54) is 18.2 Å². The monoisotopic (exact) mass is 355 g/mol. The third kappa shape index (κ3) is 3.81. The molecule has 0 saturated carbocycles. The zero-order chi connectivity index (χ0) is 18.0. The first-order valence-corrected chi connectivity index (χ1v) is 7.70. The highest BCUT2D eigenvalue weighted by Gasteiger charge is 2.07. The maximum absolute atomic E-state index is 11.5. The Hall–Kier alpha value is -3.26. The van der Waals surface area contributed by atoms with Crippen molar-refractivity contribution in [2.24, 2.45) is 0 Å². The molecule has 0 radical (unpaired) electrons. The fourth-order valence-electron chi connectivity index (χ4n) is 2.36. The van der Waals surface area contributed by atoms with Crippen LogP contribution in [0.25, 0.3) is 11.0 Å². The summed E-state index contributed by atoms with van der Waals surface area (Å²) in [6, 6.07) is 12.7. The van der Waals surface area contributed by atoms with Gasteiger partial charge in [-0.25, -0.2) is 4.79 Å². The van der Waals surface area contributed by atoms with Crippen molar-refractivity contribution >= 4 is 45.4 Å². The molecule has 2 N–H and O–H groups in total. The van der Waals surface area contributed by atoms with Gasteiger partial charge in [0, 0.05) is 41.0 Å². The van der Waals surface area contributed by atoms with Crippen LogP contribution >= 0.6 is 12.2 Å². The van der Waals surface area contributed by atoms with E-state index in [-0.39, 0.29) is 5.69 Å². The van der Waals surface area contributed by atoms with Gasteiger partial charge in [0.15, 0.2) is 5.11 Å². The van der Waals surface area contributed by atoms with Gasteiger partial charge < -0.3 is 15.1 Å². The van der Waals surface area contributed by atoms with Gasteiger partial charge in [-0.1, -0.05) is 0 Å². The summed E-state index contributed by atoms with van der Waals surface area (Å²) in [6.45, 7) is 1.84. The van der Waals surface area contributed by atoms with Gasteiger partial charge in [-0.15, -0.1) is 0 Å². The molecule has 0 atom stereocenters. The fourth-order valence-corrected chi connectivity index (χ4v) is 2.60. The van der Waals surface area contributed by atoms with Crippen LogP contribution in [0, 0.1) is 17.0 Å².